The largest absolute Gasteiger partial charge is 0.394 e. The van der Waals surface area contributed by atoms with E-state index in [2.05, 4.69) is 20.0 Å². The van der Waals surface area contributed by atoms with Gasteiger partial charge in [-0.2, -0.15) is 25.3 Å². The van der Waals surface area contributed by atoms with Crippen LogP contribution in [-0.4, -0.2) is 404 Å². The van der Waals surface area contributed by atoms with Crippen molar-refractivity contribution >= 4 is 67.7 Å². The summed E-state index contributed by atoms with van der Waals surface area (Å²) in [6.45, 7) is -0.625. The molecule has 6 aliphatic rings. The fraction of sp³-hybridized carbons (Fsp3) is 0.864. The average molecular weight is 1520 g/mol. The molecule has 99 heavy (non-hydrogen) atoms. The van der Waals surface area contributed by atoms with E-state index in [4.69, 9.17) is 147 Å². The molecule has 0 aromatic carbocycles. The van der Waals surface area contributed by atoms with Gasteiger partial charge in [-0.3, -0.25) is 38.1 Å². The lowest BCUT2D eigenvalue weighted by Crippen LogP contribution is -2.67. The minimum Gasteiger partial charge on any atom is -0.394 e. The maximum atomic E-state index is 11.4. The van der Waals surface area contributed by atoms with Gasteiger partial charge in [0.1, 0.15) is 145 Å². The molecule has 0 aromatic heterocycles. The lowest BCUT2D eigenvalue weighted by atomic mass is 9.81. The van der Waals surface area contributed by atoms with Crippen LogP contribution in [0.3, 0.4) is 0 Å². The first-order chi connectivity index (χ1) is 45.2. The quantitative estimate of drug-likeness (QED) is 0.0306. The van der Waals surface area contributed by atoms with Gasteiger partial charge in [0.15, 0.2) is 49.0 Å². The van der Waals surface area contributed by atoms with Gasteiger partial charge >= 0.3 is 31.2 Å². The molecule has 0 aromatic rings. The standard InChI is InChI=1S/2C22H42N8O12.3H2O4S/c2*1-6-22(38,4-32)17(42-18-10(30(2)5-23)14(36)11(33)7(3-31)40-18)19(39-6)41-16-9(29-21(26)27)12(34)8(28-20(24)25)13(35)15(16)37;3*1-5(2,3)4/h2*5-19,23,31-38H,3-4H2,1-2H3,(H4,24,25,28)(H4,26,27,29);3*(H2,1,2,3,4). The van der Waals surface area contributed by atoms with Gasteiger partial charge in [-0.25, -0.2) is 20.0 Å². The summed E-state index contributed by atoms with van der Waals surface area (Å²) in [5.41, 5.74) is 39.3. The SMILES string of the molecule is CC1OC(OC2C(O)C(O)C(N=C(N)N)C(O)C2N=C(N)N)C(OC2OC(CO)C(O)C(O)C2N(C)C=N)C1(O)CO.CC1OC(OC2C(O)C(O)C(N=C(N)N)C(O)C2N=C(N)N)C(OC2OC(CO)C(O)C(O)C2N(C)C=N)C1(O)CO.O=S(=O)(O)O.O=S(=O)(O)O.O=S(=O)(O)O. The number of hydrogen-bond acceptors (Lipinski definition) is 36. The van der Waals surface area contributed by atoms with Crippen molar-refractivity contribution in [1.82, 2.24) is 9.80 Å². The third-order valence-electron chi connectivity index (χ3n) is 15.6. The zero-order valence-electron chi connectivity index (χ0n) is 52.2. The lowest BCUT2D eigenvalue weighted by molar-refractivity contribution is -0.324. The Labute approximate surface area is 561 Å². The maximum Gasteiger partial charge on any atom is 0.394 e. The molecule has 55 heteroatoms. The Morgan fingerprint density at radius 1 is 0.424 bits per heavy atom. The number of nitrogens with zero attached hydrogens (tertiary/aromatic N) is 6. The third-order valence-corrected chi connectivity index (χ3v) is 15.6. The molecule has 0 radical (unpaired) electrons. The molecular weight excluding hydrogens is 1420 g/mol. The second kappa shape index (κ2) is 37.2. The second-order valence-electron chi connectivity index (χ2n) is 22.4. The molecule has 52 nitrogen and oxygen atoms in total. The molecule has 30 unspecified atom stereocenters. The molecule has 580 valence electrons. The van der Waals surface area contributed by atoms with E-state index < -0.39 is 264 Å². The first-order valence-electron chi connectivity index (χ1n) is 28.1. The van der Waals surface area contributed by atoms with Crippen LogP contribution in [0, 0.1) is 10.8 Å². The molecule has 0 amide bonds. The first kappa shape index (κ1) is 89.8. The molecule has 6 fully saturated rings. The number of ether oxygens (including phenoxy) is 8. The third kappa shape index (κ3) is 24.4. The number of aliphatic hydroxyl groups is 16. The minimum atomic E-state index is -4.67. The first-order valence-corrected chi connectivity index (χ1v) is 32.3. The van der Waals surface area contributed by atoms with E-state index in [0.717, 1.165) is 22.5 Å². The van der Waals surface area contributed by atoms with Gasteiger partial charge < -0.3 is 175 Å². The van der Waals surface area contributed by atoms with E-state index in [1.807, 2.05) is 0 Å². The van der Waals surface area contributed by atoms with Crippen molar-refractivity contribution in [2.24, 2.45) is 65.8 Å². The summed E-state index contributed by atoms with van der Waals surface area (Å²) >= 11 is 0. The number of nitrogens with two attached hydrogens (primary N) is 8. The number of aliphatic hydroxyl groups excluding tert-OH is 14. The monoisotopic (exact) mass is 1510 g/mol. The molecule has 4 aliphatic heterocycles. The van der Waals surface area contributed by atoms with Crippen LogP contribution in [0.5, 0.6) is 0 Å². The highest BCUT2D eigenvalue weighted by atomic mass is 32.3. The van der Waals surface area contributed by atoms with Gasteiger partial charge in [0, 0.05) is 14.1 Å². The normalized spacial score (nSPS) is 40.5. The van der Waals surface area contributed by atoms with Gasteiger partial charge in [0.25, 0.3) is 0 Å². The van der Waals surface area contributed by atoms with Gasteiger partial charge in [-0.05, 0) is 13.8 Å². The molecule has 2 saturated carbocycles. The van der Waals surface area contributed by atoms with E-state index in [1.54, 1.807) is 0 Å². The molecule has 4 saturated heterocycles. The van der Waals surface area contributed by atoms with Crippen molar-refractivity contribution in [3.8, 4) is 0 Å². The van der Waals surface area contributed by atoms with E-state index in [0.29, 0.717) is 0 Å². The van der Waals surface area contributed by atoms with E-state index in [1.165, 1.54) is 27.9 Å². The number of likely N-dealkylation sites (N-methyl/N-ethyl adjacent to an activating group) is 2. The molecule has 6 rings (SSSR count). The van der Waals surface area contributed by atoms with Gasteiger partial charge in [0.05, 0.1) is 51.3 Å². The van der Waals surface area contributed by atoms with Crippen molar-refractivity contribution in [3.63, 3.8) is 0 Å². The van der Waals surface area contributed by atoms with Crippen LogP contribution in [0.4, 0.5) is 0 Å². The average Bonchev–Trinajstić information content (AvgIpc) is 1.65. The summed E-state index contributed by atoms with van der Waals surface area (Å²) in [5, 5.41) is 185. The van der Waals surface area contributed by atoms with E-state index in [-0.39, 0.29) is 0 Å². The van der Waals surface area contributed by atoms with Gasteiger partial charge in [-0.1, -0.05) is 0 Å². The van der Waals surface area contributed by atoms with Crippen molar-refractivity contribution in [2.75, 3.05) is 40.5 Å². The summed E-state index contributed by atoms with van der Waals surface area (Å²) in [6.07, 6.45) is -33.7. The Bertz CT molecular complexity index is 2790. The minimum absolute atomic E-state index is 0.507. The smallest absolute Gasteiger partial charge is 0.394 e. The summed E-state index contributed by atoms with van der Waals surface area (Å²) in [6, 6.07) is -8.47. The van der Waals surface area contributed by atoms with Crippen LogP contribution in [0.1, 0.15) is 13.8 Å². The number of nitrogens with one attached hydrogen (secondary N) is 2. The van der Waals surface area contributed by atoms with Crippen LogP contribution in [0.15, 0.2) is 20.0 Å². The molecule has 0 spiro atoms. The Hall–Kier alpha value is -5.33. The Morgan fingerprint density at radius 2 is 0.677 bits per heavy atom. The highest BCUT2D eigenvalue weighted by Gasteiger charge is 2.63. The van der Waals surface area contributed by atoms with Crippen LogP contribution < -0.4 is 45.9 Å². The Kier molecular flexibility index (Phi) is 33.7. The Morgan fingerprint density at radius 3 is 0.899 bits per heavy atom. The van der Waals surface area contributed by atoms with Crippen LogP contribution in [0.2, 0.25) is 0 Å². The molecule has 40 N–H and O–H groups in total. The number of hydrogen-bond donors (Lipinski definition) is 32. The van der Waals surface area contributed by atoms with Crippen LogP contribution in [0.25, 0.3) is 0 Å². The van der Waals surface area contributed by atoms with Crippen molar-refractivity contribution in [1.29, 1.82) is 10.8 Å². The predicted octanol–water partition coefficient (Wildman–Crippen LogP) is -18.1. The van der Waals surface area contributed by atoms with Crippen molar-refractivity contribution < 1.29 is 172 Å². The molecular formula is C44H90N16O36S3. The summed E-state index contributed by atoms with van der Waals surface area (Å²) in [7, 11) is -11.2. The number of guanidine groups is 4. The van der Waals surface area contributed by atoms with E-state index in [9.17, 15) is 81.7 Å². The number of rotatable bonds is 20. The molecule has 2 aliphatic carbocycles. The maximum absolute atomic E-state index is 11.4. The zero-order chi connectivity index (χ0) is 76.9. The fourth-order valence-electron chi connectivity index (χ4n) is 10.7. The Balaban J connectivity index is 0.000000557. The molecule has 4 heterocycles. The van der Waals surface area contributed by atoms with Gasteiger partial charge in [-0.15, -0.1) is 0 Å². The molecule has 30 atom stereocenters. The highest BCUT2D eigenvalue weighted by Crippen LogP contribution is 2.42. The topological polar surface area (TPSA) is 933 Å². The van der Waals surface area contributed by atoms with Crippen LogP contribution >= 0.6 is 0 Å². The number of aliphatic imine (C=N–C) groups is 4. The van der Waals surface area contributed by atoms with Crippen molar-refractivity contribution in [2.45, 2.75) is 196 Å². The van der Waals surface area contributed by atoms with E-state index >= 15 is 0 Å². The predicted molar refractivity (Wildman–Crippen MR) is 325 cm³/mol. The summed E-state index contributed by atoms with van der Waals surface area (Å²) in [4.78, 5) is 17.6. The van der Waals surface area contributed by atoms with Crippen LogP contribution in [-0.2, 0) is 69.1 Å². The lowest BCUT2D eigenvalue weighted by Gasteiger charge is -2.47. The molecule has 0 bridgehead atoms. The summed E-state index contributed by atoms with van der Waals surface area (Å²) in [5.74, 6) is -2.08. The fourth-order valence-corrected chi connectivity index (χ4v) is 10.7. The van der Waals surface area contributed by atoms with Crippen molar-refractivity contribution in [3.05, 3.63) is 0 Å². The highest BCUT2D eigenvalue weighted by molar-refractivity contribution is 7.80. The second-order valence-corrected chi connectivity index (χ2v) is 25.0. The summed E-state index contributed by atoms with van der Waals surface area (Å²) < 4.78 is 141. The zero-order valence-corrected chi connectivity index (χ0v) is 54.7. The van der Waals surface area contributed by atoms with Gasteiger partial charge in [0.2, 0.25) is 0 Å².